The van der Waals surface area contributed by atoms with Gasteiger partial charge in [-0.2, -0.15) is 0 Å². The van der Waals surface area contributed by atoms with Crippen molar-refractivity contribution >= 4 is 40.8 Å². The Hall–Kier alpha value is 0.0800. The molecule has 12 heavy (non-hydrogen) atoms. The normalized spacial score (nSPS) is 11.0. The Labute approximate surface area is 86.4 Å². The van der Waals surface area contributed by atoms with Crippen LogP contribution in [0.4, 0.5) is 0 Å². The lowest BCUT2D eigenvalue weighted by molar-refractivity contribution is -0.138. The minimum atomic E-state index is -1.37. The summed E-state index contributed by atoms with van der Waals surface area (Å²) in [6.07, 6.45) is 0.177. The number of esters is 1. The van der Waals surface area contributed by atoms with Crippen molar-refractivity contribution in [2.45, 2.75) is 17.1 Å². The van der Waals surface area contributed by atoms with Gasteiger partial charge in [0, 0.05) is 12.0 Å². The second-order valence-electron chi connectivity index (χ2n) is 2.28. The lowest BCUT2D eigenvalue weighted by Gasteiger charge is -2.10. The van der Waals surface area contributed by atoms with E-state index in [1.807, 2.05) is 0 Å². The van der Waals surface area contributed by atoms with Crippen molar-refractivity contribution in [2.24, 2.45) is 0 Å². The maximum absolute atomic E-state index is 10.8. The van der Waals surface area contributed by atoms with Gasteiger partial charge in [-0.15, -0.1) is 0 Å². The van der Waals surface area contributed by atoms with E-state index in [0.717, 1.165) is 0 Å². The number of hydrogen-bond donors (Lipinski definition) is 0. The van der Waals surface area contributed by atoms with Crippen LogP contribution in [-0.2, 0) is 9.53 Å². The molecule has 0 aromatic carbocycles. The van der Waals surface area contributed by atoms with Crippen LogP contribution in [0.1, 0.15) is 13.3 Å². The summed E-state index contributed by atoms with van der Waals surface area (Å²) in [5, 5.41) is 0. The maximum Gasteiger partial charge on any atom is 0.333 e. The fraction of sp³-hybridized carbons (Fsp3) is 0.571. The van der Waals surface area contributed by atoms with Crippen molar-refractivity contribution in [2.75, 3.05) is 6.61 Å². The van der Waals surface area contributed by atoms with Gasteiger partial charge in [-0.3, -0.25) is 0 Å². The van der Waals surface area contributed by atoms with Crippen LogP contribution in [0.3, 0.4) is 0 Å². The molecule has 0 aromatic rings. The summed E-state index contributed by atoms with van der Waals surface area (Å²) in [6.45, 7) is 5.04. The SMILES string of the molecule is C=C(C)C(=O)OCCC(Cl)(Cl)Cl. The Morgan fingerprint density at radius 3 is 2.33 bits per heavy atom. The maximum atomic E-state index is 10.8. The smallest absolute Gasteiger partial charge is 0.333 e. The van der Waals surface area contributed by atoms with Crippen molar-refractivity contribution in [1.29, 1.82) is 0 Å². The fourth-order valence-corrected chi connectivity index (χ4v) is 0.614. The van der Waals surface area contributed by atoms with Crippen molar-refractivity contribution < 1.29 is 9.53 Å². The molecule has 0 fully saturated rings. The van der Waals surface area contributed by atoms with Crippen molar-refractivity contribution in [1.82, 2.24) is 0 Å². The fourth-order valence-electron chi connectivity index (χ4n) is 0.383. The third kappa shape index (κ3) is 6.77. The molecule has 5 heteroatoms. The average molecular weight is 232 g/mol. The zero-order valence-corrected chi connectivity index (χ0v) is 8.84. The number of carbonyl (C=O) groups is 1. The second-order valence-corrected chi connectivity index (χ2v) is 4.80. The van der Waals surface area contributed by atoms with E-state index in [1.54, 1.807) is 6.92 Å². The minimum absolute atomic E-state index is 0.0855. The molecule has 0 heterocycles. The first-order valence-corrected chi connectivity index (χ1v) is 4.35. The number of halogens is 3. The Morgan fingerprint density at radius 2 is 2.00 bits per heavy atom. The summed E-state index contributed by atoms with van der Waals surface area (Å²) in [4.78, 5) is 10.8. The molecule has 0 bridgehead atoms. The highest BCUT2D eigenvalue weighted by Crippen LogP contribution is 2.29. The molecule has 0 unspecified atom stereocenters. The third-order valence-electron chi connectivity index (χ3n) is 0.967. The predicted molar refractivity (Wildman–Crippen MR) is 50.7 cm³/mol. The summed E-state index contributed by atoms with van der Waals surface area (Å²) >= 11 is 16.2. The molecular formula is C7H9Cl3O2. The quantitative estimate of drug-likeness (QED) is 0.424. The minimum Gasteiger partial charge on any atom is -0.462 e. The van der Waals surface area contributed by atoms with Gasteiger partial charge in [-0.25, -0.2) is 4.79 Å². The van der Waals surface area contributed by atoms with E-state index in [-0.39, 0.29) is 13.0 Å². The van der Waals surface area contributed by atoms with Gasteiger partial charge in [-0.05, 0) is 6.92 Å². The number of ether oxygens (including phenoxy) is 1. The van der Waals surface area contributed by atoms with Gasteiger partial charge in [0.2, 0.25) is 0 Å². The summed E-state index contributed by atoms with van der Waals surface area (Å²) < 4.78 is 3.32. The van der Waals surface area contributed by atoms with Crippen molar-refractivity contribution in [3.8, 4) is 0 Å². The highest BCUT2D eigenvalue weighted by molar-refractivity contribution is 6.67. The average Bonchev–Trinajstić information content (AvgIpc) is 1.84. The molecular weight excluding hydrogens is 222 g/mol. The van der Waals surface area contributed by atoms with Crippen LogP contribution >= 0.6 is 34.8 Å². The van der Waals surface area contributed by atoms with Crippen LogP contribution in [0, 0.1) is 0 Å². The second kappa shape index (κ2) is 4.95. The van der Waals surface area contributed by atoms with Gasteiger partial charge in [-0.1, -0.05) is 41.4 Å². The molecule has 0 saturated carbocycles. The predicted octanol–water partition coefficient (Wildman–Crippen LogP) is 2.87. The van der Waals surface area contributed by atoms with Crippen LogP contribution in [0.25, 0.3) is 0 Å². The number of rotatable bonds is 3. The highest BCUT2D eigenvalue weighted by atomic mass is 35.6. The van der Waals surface area contributed by atoms with Crippen LogP contribution < -0.4 is 0 Å². The topological polar surface area (TPSA) is 26.3 Å². The van der Waals surface area contributed by atoms with Crippen LogP contribution in [0.5, 0.6) is 0 Å². The summed E-state index contributed by atoms with van der Waals surface area (Å²) in [7, 11) is 0. The monoisotopic (exact) mass is 230 g/mol. The van der Waals surface area contributed by atoms with E-state index in [0.29, 0.717) is 5.57 Å². The van der Waals surface area contributed by atoms with Crippen molar-refractivity contribution in [3.05, 3.63) is 12.2 Å². The Kier molecular flexibility index (Phi) is 4.98. The molecule has 0 aliphatic heterocycles. The van der Waals surface area contributed by atoms with E-state index in [9.17, 15) is 4.79 Å². The third-order valence-corrected chi connectivity index (χ3v) is 1.53. The van der Waals surface area contributed by atoms with E-state index in [2.05, 4.69) is 11.3 Å². The number of alkyl halides is 3. The summed E-state index contributed by atoms with van der Waals surface area (Å²) in [5.41, 5.74) is 0.333. The molecule has 0 rings (SSSR count). The molecule has 0 aliphatic rings. The molecule has 2 nitrogen and oxygen atoms in total. The molecule has 70 valence electrons. The summed E-state index contributed by atoms with van der Waals surface area (Å²) in [5.74, 6) is -0.468. The first-order valence-electron chi connectivity index (χ1n) is 3.22. The van der Waals surface area contributed by atoms with Gasteiger partial charge < -0.3 is 4.74 Å². The van der Waals surface area contributed by atoms with Crippen molar-refractivity contribution in [3.63, 3.8) is 0 Å². The Morgan fingerprint density at radius 1 is 1.50 bits per heavy atom. The molecule has 0 atom stereocenters. The number of carbonyl (C=O) groups excluding carboxylic acids is 1. The van der Waals surface area contributed by atoms with Gasteiger partial charge in [0.05, 0.1) is 6.61 Å². The largest absolute Gasteiger partial charge is 0.462 e. The molecule has 0 aromatic heterocycles. The molecule has 0 radical (unpaired) electrons. The van der Waals surface area contributed by atoms with Crippen LogP contribution in [0.2, 0.25) is 0 Å². The molecule has 0 N–H and O–H groups in total. The Bertz CT molecular complexity index is 184. The van der Waals surface area contributed by atoms with Gasteiger partial charge in [0.25, 0.3) is 0 Å². The van der Waals surface area contributed by atoms with Gasteiger partial charge in [0.1, 0.15) is 0 Å². The van der Waals surface area contributed by atoms with Gasteiger partial charge >= 0.3 is 5.97 Å². The van der Waals surface area contributed by atoms with Gasteiger partial charge in [0.15, 0.2) is 3.79 Å². The summed E-state index contributed by atoms with van der Waals surface area (Å²) in [6, 6.07) is 0. The zero-order chi connectivity index (χ0) is 9.78. The first-order chi connectivity index (χ1) is 5.33. The van der Waals surface area contributed by atoms with Crippen LogP contribution in [0.15, 0.2) is 12.2 Å². The lowest BCUT2D eigenvalue weighted by atomic mass is 10.4. The molecule has 0 saturated heterocycles. The standard InChI is InChI=1S/C7H9Cl3O2/c1-5(2)6(11)12-4-3-7(8,9)10/h1,3-4H2,2H3. The van der Waals surface area contributed by atoms with E-state index < -0.39 is 9.76 Å². The lowest BCUT2D eigenvalue weighted by Crippen LogP contribution is -2.12. The van der Waals surface area contributed by atoms with Crippen LogP contribution in [-0.4, -0.2) is 16.4 Å². The molecule has 0 amide bonds. The zero-order valence-electron chi connectivity index (χ0n) is 6.57. The van der Waals surface area contributed by atoms with E-state index >= 15 is 0 Å². The molecule has 0 spiro atoms. The number of hydrogen-bond acceptors (Lipinski definition) is 2. The highest BCUT2D eigenvalue weighted by Gasteiger charge is 2.19. The van der Waals surface area contributed by atoms with E-state index in [1.165, 1.54) is 0 Å². The first kappa shape index (κ1) is 12.1. The van der Waals surface area contributed by atoms with E-state index in [4.69, 9.17) is 34.8 Å². The Balaban J connectivity index is 3.58. The molecule has 0 aliphatic carbocycles.